The molecule has 0 aromatic heterocycles. The van der Waals surface area contributed by atoms with Crippen molar-refractivity contribution >= 4 is 8.07 Å². The average Bonchev–Trinajstić information content (AvgIpc) is 2.24. The Bertz CT molecular complexity index is 195. The Labute approximate surface area is 90.8 Å². The highest BCUT2D eigenvalue weighted by atomic mass is 28.3. The highest BCUT2D eigenvalue weighted by Gasteiger charge is 2.23. The van der Waals surface area contributed by atoms with Gasteiger partial charge in [0.25, 0.3) is 0 Å². The van der Waals surface area contributed by atoms with Gasteiger partial charge in [-0.25, -0.2) is 0 Å². The van der Waals surface area contributed by atoms with Crippen molar-refractivity contribution in [1.29, 1.82) is 0 Å². The maximum atomic E-state index is 3.72. The molecule has 0 spiro atoms. The van der Waals surface area contributed by atoms with E-state index in [2.05, 4.69) is 38.8 Å². The standard InChI is InChI=1S/C13H24Si/c1-5-9-10-11-12-13-14(6-2,7-3)8-4/h5H,1,6-11H2,2-4H3. The molecule has 0 radical (unpaired) electrons. The molecule has 0 atom stereocenters. The first-order valence-corrected chi connectivity index (χ1v) is 8.47. The molecule has 1 heteroatoms. The van der Waals surface area contributed by atoms with E-state index in [0.29, 0.717) is 0 Å². The Morgan fingerprint density at radius 1 is 1.14 bits per heavy atom. The Morgan fingerprint density at radius 3 is 2.14 bits per heavy atom. The lowest BCUT2D eigenvalue weighted by molar-refractivity contribution is 0.887. The van der Waals surface area contributed by atoms with Gasteiger partial charge in [0.1, 0.15) is 8.07 Å². The Morgan fingerprint density at radius 2 is 1.71 bits per heavy atom. The summed E-state index contributed by atoms with van der Waals surface area (Å²) in [7, 11) is -1.16. The Kier molecular flexibility index (Phi) is 7.61. The second kappa shape index (κ2) is 7.88. The molecular formula is C13H24Si. The van der Waals surface area contributed by atoms with Gasteiger partial charge < -0.3 is 0 Å². The molecule has 0 nitrogen and oxygen atoms in total. The smallest absolute Gasteiger partial charge is 0.131 e. The number of hydrogen-bond donors (Lipinski definition) is 0. The molecule has 0 fully saturated rings. The van der Waals surface area contributed by atoms with Crippen LogP contribution in [0.1, 0.15) is 40.0 Å². The van der Waals surface area contributed by atoms with Gasteiger partial charge in [0.05, 0.1) is 0 Å². The maximum Gasteiger partial charge on any atom is 0.137 e. The van der Waals surface area contributed by atoms with Crippen LogP contribution in [0.4, 0.5) is 0 Å². The van der Waals surface area contributed by atoms with Crippen molar-refractivity contribution in [3.63, 3.8) is 0 Å². The topological polar surface area (TPSA) is 0 Å². The van der Waals surface area contributed by atoms with E-state index < -0.39 is 8.07 Å². The fourth-order valence-corrected chi connectivity index (χ4v) is 4.13. The zero-order chi connectivity index (χ0) is 10.9. The second-order valence-electron chi connectivity index (χ2n) is 3.82. The van der Waals surface area contributed by atoms with Crippen LogP contribution in [0.15, 0.2) is 12.7 Å². The van der Waals surface area contributed by atoms with E-state index in [1.54, 1.807) is 0 Å². The fraction of sp³-hybridized carbons (Fsp3) is 0.692. The molecule has 0 bridgehead atoms. The van der Waals surface area contributed by atoms with Crippen LogP contribution in [-0.4, -0.2) is 8.07 Å². The van der Waals surface area contributed by atoms with Crippen molar-refractivity contribution < 1.29 is 0 Å². The lowest BCUT2D eigenvalue weighted by Crippen LogP contribution is -2.29. The third kappa shape index (κ3) is 4.67. The van der Waals surface area contributed by atoms with E-state index in [9.17, 15) is 0 Å². The average molecular weight is 208 g/mol. The third-order valence-electron chi connectivity index (χ3n) is 3.09. The summed E-state index contributed by atoms with van der Waals surface area (Å²) in [5, 5.41) is 0. The molecule has 0 aliphatic rings. The van der Waals surface area contributed by atoms with Gasteiger partial charge in [0.2, 0.25) is 0 Å². The van der Waals surface area contributed by atoms with Crippen LogP contribution in [0.25, 0.3) is 0 Å². The van der Waals surface area contributed by atoms with Crippen LogP contribution < -0.4 is 0 Å². The molecule has 0 aromatic carbocycles. The van der Waals surface area contributed by atoms with Crippen LogP contribution in [-0.2, 0) is 0 Å². The molecule has 0 amide bonds. The van der Waals surface area contributed by atoms with Crippen LogP contribution in [0.2, 0.25) is 18.1 Å². The minimum Gasteiger partial charge on any atom is -0.131 e. The van der Waals surface area contributed by atoms with Crippen molar-refractivity contribution in [3.05, 3.63) is 12.7 Å². The van der Waals surface area contributed by atoms with Crippen LogP contribution in [0.5, 0.6) is 0 Å². The Hall–Kier alpha value is -0.483. The minimum absolute atomic E-state index is 1.06. The molecule has 0 aliphatic heterocycles. The molecule has 0 unspecified atom stereocenters. The first-order valence-electron chi connectivity index (χ1n) is 5.85. The SMILES string of the molecule is C=CCCCC#C[Si](CC)(CC)CC. The zero-order valence-electron chi connectivity index (χ0n) is 10.0. The summed E-state index contributed by atoms with van der Waals surface area (Å²) >= 11 is 0. The molecule has 0 N–H and O–H groups in total. The number of allylic oxidation sites excluding steroid dienone is 1. The predicted octanol–water partition coefficient (Wildman–Crippen LogP) is 4.39. The molecular weight excluding hydrogens is 184 g/mol. The highest BCUT2D eigenvalue weighted by Crippen LogP contribution is 2.18. The molecule has 14 heavy (non-hydrogen) atoms. The second-order valence-corrected chi connectivity index (χ2v) is 8.76. The fourth-order valence-electron chi connectivity index (χ4n) is 1.60. The van der Waals surface area contributed by atoms with Crippen molar-refractivity contribution in [3.8, 4) is 11.5 Å². The molecule has 0 aromatic rings. The third-order valence-corrected chi connectivity index (χ3v) is 7.86. The molecule has 0 saturated carbocycles. The predicted molar refractivity (Wildman–Crippen MR) is 69.0 cm³/mol. The normalized spacial score (nSPS) is 10.5. The Balaban J connectivity index is 4.06. The first kappa shape index (κ1) is 13.5. The van der Waals surface area contributed by atoms with E-state index in [-0.39, 0.29) is 0 Å². The van der Waals surface area contributed by atoms with Gasteiger partial charge in [-0.05, 0) is 31.0 Å². The van der Waals surface area contributed by atoms with Gasteiger partial charge in [-0.1, -0.05) is 26.8 Å². The van der Waals surface area contributed by atoms with E-state index in [0.717, 1.165) is 12.8 Å². The first-order chi connectivity index (χ1) is 6.74. The maximum absolute atomic E-state index is 3.72. The summed E-state index contributed by atoms with van der Waals surface area (Å²) in [5.41, 5.74) is 3.60. The molecule has 0 aliphatic carbocycles. The van der Waals surface area contributed by atoms with Gasteiger partial charge in [0, 0.05) is 6.42 Å². The van der Waals surface area contributed by atoms with Gasteiger partial charge in [-0.3, -0.25) is 0 Å². The molecule has 0 heterocycles. The largest absolute Gasteiger partial charge is 0.137 e. The summed E-state index contributed by atoms with van der Waals surface area (Å²) in [4.78, 5) is 0. The molecule has 0 saturated heterocycles. The van der Waals surface area contributed by atoms with Gasteiger partial charge in [-0.2, -0.15) is 0 Å². The van der Waals surface area contributed by atoms with Crippen molar-refractivity contribution in [2.24, 2.45) is 0 Å². The van der Waals surface area contributed by atoms with Crippen molar-refractivity contribution in [2.75, 3.05) is 0 Å². The van der Waals surface area contributed by atoms with E-state index in [1.165, 1.54) is 24.6 Å². The number of hydrogen-bond acceptors (Lipinski definition) is 0. The lowest BCUT2D eigenvalue weighted by atomic mass is 10.2. The summed E-state index contributed by atoms with van der Waals surface area (Å²) in [6, 6.07) is 3.94. The minimum atomic E-state index is -1.16. The van der Waals surface area contributed by atoms with Crippen LogP contribution in [0, 0.1) is 11.5 Å². The summed E-state index contributed by atoms with van der Waals surface area (Å²) in [6.45, 7) is 10.6. The van der Waals surface area contributed by atoms with Gasteiger partial charge in [-0.15, -0.1) is 18.0 Å². The highest BCUT2D eigenvalue weighted by molar-refractivity contribution is 6.87. The van der Waals surface area contributed by atoms with Crippen LogP contribution >= 0.6 is 0 Å². The summed E-state index contributed by atoms with van der Waals surface area (Å²) in [5.74, 6) is 3.38. The van der Waals surface area contributed by atoms with E-state index >= 15 is 0 Å². The molecule has 80 valence electrons. The zero-order valence-corrected chi connectivity index (χ0v) is 11.0. The van der Waals surface area contributed by atoms with Crippen LogP contribution in [0.3, 0.4) is 0 Å². The van der Waals surface area contributed by atoms with Gasteiger partial charge in [0.15, 0.2) is 0 Å². The van der Waals surface area contributed by atoms with Gasteiger partial charge >= 0.3 is 0 Å². The van der Waals surface area contributed by atoms with Crippen molar-refractivity contribution in [2.45, 2.75) is 58.2 Å². The quantitative estimate of drug-likeness (QED) is 0.263. The monoisotopic (exact) mass is 208 g/mol. The summed E-state index contributed by atoms with van der Waals surface area (Å²) in [6.07, 6.45) is 5.32. The molecule has 0 rings (SSSR count). The van der Waals surface area contributed by atoms with E-state index in [4.69, 9.17) is 0 Å². The lowest BCUT2D eigenvalue weighted by Gasteiger charge is -2.20. The van der Waals surface area contributed by atoms with Crippen molar-refractivity contribution in [1.82, 2.24) is 0 Å². The number of unbranched alkanes of at least 4 members (excludes halogenated alkanes) is 2. The van der Waals surface area contributed by atoms with E-state index in [1.807, 2.05) is 6.08 Å². The summed E-state index contributed by atoms with van der Waals surface area (Å²) < 4.78 is 0. The number of rotatable bonds is 6.